The van der Waals surface area contributed by atoms with Gasteiger partial charge in [-0.25, -0.2) is 0 Å². The van der Waals surface area contributed by atoms with Gasteiger partial charge < -0.3 is 9.42 Å². The van der Waals surface area contributed by atoms with E-state index in [0.29, 0.717) is 23.8 Å². The fourth-order valence-corrected chi connectivity index (χ4v) is 3.24. The highest BCUT2D eigenvalue weighted by atomic mass is 19.4. The molecule has 5 nitrogen and oxygen atoms in total. The van der Waals surface area contributed by atoms with Crippen molar-refractivity contribution in [3.05, 3.63) is 66.1 Å². The SMILES string of the molecule is FC(F)(F)c1ccc(-c2noc(CN3CCN(c4ccccc4)CC3)n2)cc1. The molecule has 0 bridgehead atoms. The Labute approximate surface area is 160 Å². The van der Waals surface area contributed by atoms with Gasteiger partial charge in [-0.1, -0.05) is 35.5 Å². The van der Waals surface area contributed by atoms with Crippen LogP contribution >= 0.6 is 0 Å². The van der Waals surface area contributed by atoms with Crippen molar-refractivity contribution in [2.45, 2.75) is 12.7 Å². The first-order valence-corrected chi connectivity index (χ1v) is 9.01. The van der Waals surface area contributed by atoms with Crippen LogP contribution in [0.1, 0.15) is 11.5 Å². The van der Waals surface area contributed by atoms with E-state index in [2.05, 4.69) is 32.1 Å². The predicted octanol–water partition coefficient (Wildman–Crippen LogP) is 4.08. The third-order valence-corrected chi connectivity index (χ3v) is 4.79. The maximum absolute atomic E-state index is 12.7. The number of rotatable bonds is 4. The molecule has 28 heavy (non-hydrogen) atoms. The molecule has 1 aromatic heterocycles. The summed E-state index contributed by atoms with van der Waals surface area (Å²) in [5.74, 6) is 0.759. The molecular formula is C20H19F3N4O. The molecule has 8 heteroatoms. The van der Waals surface area contributed by atoms with Crippen molar-refractivity contribution in [1.29, 1.82) is 0 Å². The highest BCUT2D eigenvalue weighted by Gasteiger charge is 2.30. The number of alkyl halides is 3. The minimum Gasteiger partial charge on any atom is -0.369 e. The van der Waals surface area contributed by atoms with Crippen molar-refractivity contribution in [3.8, 4) is 11.4 Å². The lowest BCUT2D eigenvalue weighted by molar-refractivity contribution is -0.137. The zero-order chi connectivity index (χ0) is 19.6. The van der Waals surface area contributed by atoms with E-state index in [-0.39, 0.29) is 0 Å². The fourth-order valence-electron chi connectivity index (χ4n) is 3.24. The van der Waals surface area contributed by atoms with E-state index >= 15 is 0 Å². The van der Waals surface area contributed by atoms with Gasteiger partial charge in [-0.15, -0.1) is 0 Å². The van der Waals surface area contributed by atoms with Crippen molar-refractivity contribution in [3.63, 3.8) is 0 Å². The van der Waals surface area contributed by atoms with Crippen LogP contribution in [0.15, 0.2) is 59.1 Å². The van der Waals surface area contributed by atoms with Crippen LogP contribution in [-0.2, 0) is 12.7 Å². The van der Waals surface area contributed by atoms with Gasteiger partial charge in [-0.3, -0.25) is 4.90 Å². The van der Waals surface area contributed by atoms with E-state index in [1.165, 1.54) is 17.8 Å². The van der Waals surface area contributed by atoms with Gasteiger partial charge in [0.25, 0.3) is 0 Å². The highest BCUT2D eigenvalue weighted by Crippen LogP contribution is 2.30. The van der Waals surface area contributed by atoms with Crippen molar-refractivity contribution in [1.82, 2.24) is 15.0 Å². The van der Waals surface area contributed by atoms with Crippen LogP contribution in [0.3, 0.4) is 0 Å². The second-order valence-corrected chi connectivity index (χ2v) is 6.69. The van der Waals surface area contributed by atoms with Crippen LogP contribution in [0.5, 0.6) is 0 Å². The molecule has 3 aromatic rings. The Hall–Kier alpha value is -2.87. The van der Waals surface area contributed by atoms with Crippen LogP contribution in [0.2, 0.25) is 0 Å². The summed E-state index contributed by atoms with van der Waals surface area (Å²) in [5, 5.41) is 3.90. The summed E-state index contributed by atoms with van der Waals surface area (Å²) in [6.45, 7) is 4.07. The Morgan fingerprint density at radius 2 is 1.57 bits per heavy atom. The summed E-state index contributed by atoms with van der Waals surface area (Å²) in [6, 6.07) is 15.0. The van der Waals surface area contributed by atoms with E-state index in [1.54, 1.807) is 0 Å². The third kappa shape index (κ3) is 4.17. The number of aromatic nitrogens is 2. The zero-order valence-corrected chi connectivity index (χ0v) is 15.1. The molecule has 0 atom stereocenters. The lowest BCUT2D eigenvalue weighted by Crippen LogP contribution is -2.46. The van der Waals surface area contributed by atoms with Gasteiger partial charge >= 0.3 is 6.18 Å². The normalized spacial score (nSPS) is 15.8. The van der Waals surface area contributed by atoms with Gasteiger partial charge in [0.1, 0.15) is 0 Å². The topological polar surface area (TPSA) is 45.4 Å². The molecule has 2 heterocycles. The first-order valence-electron chi connectivity index (χ1n) is 9.01. The molecule has 1 saturated heterocycles. The van der Waals surface area contributed by atoms with Gasteiger partial charge in [-0.2, -0.15) is 18.2 Å². The molecule has 2 aromatic carbocycles. The first kappa shape index (κ1) is 18.5. The molecule has 1 fully saturated rings. The lowest BCUT2D eigenvalue weighted by Gasteiger charge is -2.35. The monoisotopic (exact) mass is 388 g/mol. The van der Waals surface area contributed by atoms with Crippen LogP contribution in [0.25, 0.3) is 11.4 Å². The van der Waals surface area contributed by atoms with Crippen molar-refractivity contribution < 1.29 is 17.7 Å². The summed E-state index contributed by atoms with van der Waals surface area (Å²) in [6.07, 6.45) is -4.36. The average molecular weight is 388 g/mol. The summed E-state index contributed by atoms with van der Waals surface area (Å²) in [7, 11) is 0. The van der Waals surface area contributed by atoms with Gasteiger partial charge in [0.2, 0.25) is 11.7 Å². The number of benzene rings is 2. The summed E-state index contributed by atoms with van der Waals surface area (Å²) in [4.78, 5) is 8.89. The van der Waals surface area contributed by atoms with E-state index in [0.717, 1.165) is 38.3 Å². The quantitative estimate of drug-likeness (QED) is 0.674. The van der Waals surface area contributed by atoms with Crippen molar-refractivity contribution in [2.24, 2.45) is 0 Å². The number of nitrogens with zero attached hydrogens (tertiary/aromatic N) is 4. The standard InChI is InChI=1S/C20H19F3N4O/c21-20(22,23)16-8-6-15(7-9-16)19-24-18(28-25-19)14-26-10-12-27(13-11-26)17-4-2-1-3-5-17/h1-9H,10-14H2. The predicted molar refractivity (Wildman–Crippen MR) is 98.7 cm³/mol. The summed E-state index contributed by atoms with van der Waals surface area (Å²) in [5.41, 5.74) is 1.01. The van der Waals surface area contributed by atoms with E-state index in [1.807, 2.05) is 18.2 Å². The Kier molecular flexibility index (Phi) is 5.04. The van der Waals surface area contributed by atoms with E-state index in [4.69, 9.17) is 4.52 Å². The minimum absolute atomic E-state index is 0.298. The van der Waals surface area contributed by atoms with E-state index < -0.39 is 11.7 Å². The largest absolute Gasteiger partial charge is 0.416 e. The Balaban J connectivity index is 1.35. The highest BCUT2D eigenvalue weighted by molar-refractivity contribution is 5.54. The third-order valence-electron chi connectivity index (χ3n) is 4.79. The molecule has 0 N–H and O–H groups in total. The molecule has 0 aliphatic carbocycles. The molecule has 0 saturated carbocycles. The summed E-state index contributed by atoms with van der Waals surface area (Å²) >= 11 is 0. The molecule has 0 unspecified atom stereocenters. The molecule has 146 valence electrons. The first-order chi connectivity index (χ1) is 13.5. The number of hydrogen-bond donors (Lipinski definition) is 0. The molecule has 0 radical (unpaired) electrons. The maximum atomic E-state index is 12.7. The Morgan fingerprint density at radius 1 is 0.893 bits per heavy atom. The second-order valence-electron chi connectivity index (χ2n) is 6.69. The Bertz CT molecular complexity index is 901. The lowest BCUT2D eigenvalue weighted by atomic mass is 10.1. The van der Waals surface area contributed by atoms with Gasteiger partial charge in [0.05, 0.1) is 12.1 Å². The van der Waals surface area contributed by atoms with Crippen LogP contribution < -0.4 is 4.90 Å². The minimum atomic E-state index is -4.36. The summed E-state index contributed by atoms with van der Waals surface area (Å²) < 4.78 is 43.3. The average Bonchev–Trinajstić information content (AvgIpc) is 3.17. The fraction of sp³-hybridized carbons (Fsp3) is 0.300. The number of halogens is 3. The van der Waals surface area contributed by atoms with Crippen LogP contribution in [0.4, 0.5) is 18.9 Å². The maximum Gasteiger partial charge on any atom is 0.416 e. The van der Waals surface area contributed by atoms with E-state index in [9.17, 15) is 13.2 Å². The molecular weight excluding hydrogens is 369 g/mol. The Morgan fingerprint density at radius 3 is 2.21 bits per heavy atom. The van der Waals surface area contributed by atoms with Gasteiger partial charge in [0, 0.05) is 37.4 Å². The number of anilines is 1. The molecule has 1 aliphatic heterocycles. The number of piperazine rings is 1. The smallest absolute Gasteiger partial charge is 0.369 e. The van der Waals surface area contributed by atoms with Crippen molar-refractivity contribution >= 4 is 5.69 Å². The number of para-hydroxylation sites is 1. The zero-order valence-electron chi connectivity index (χ0n) is 15.1. The van der Waals surface area contributed by atoms with Gasteiger partial charge in [-0.05, 0) is 24.3 Å². The second kappa shape index (κ2) is 7.63. The van der Waals surface area contributed by atoms with Crippen LogP contribution in [-0.4, -0.2) is 41.2 Å². The number of hydrogen-bond acceptors (Lipinski definition) is 5. The van der Waals surface area contributed by atoms with Crippen molar-refractivity contribution in [2.75, 3.05) is 31.1 Å². The van der Waals surface area contributed by atoms with Crippen LogP contribution in [0, 0.1) is 0 Å². The molecule has 0 amide bonds. The van der Waals surface area contributed by atoms with Gasteiger partial charge in [0.15, 0.2) is 0 Å². The molecule has 4 rings (SSSR count). The molecule has 1 aliphatic rings. The molecule has 0 spiro atoms.